The monoisotopic (exact) mass is 593 g/mol. The maximum absolute atomic E-state index is 13.5. The molecule has 226 valence electrons. The molecule has 5 rings (SSSR count). The highest BCUT2D eigenvalue weighted by molar-refractivity contribution is 5.93. The maximum Gasteiger partial charge on any atom is 0.282 e. The Balaban J connectivity index is 1.39. The highest BCUT2D eigenvalue weighted by atomic mass is 19.3. The third kappa shape index (κ3) is 6.68. The van der Waals surface area contributed by atoms with E-state index < -0.39 is 23.9 Å². The van der Waals surface area contributed by atoms with Crippen molar-refractivity contribution in [2.24, 2.45) is 13.0 Å². The van der Waals surface area contributed by atoms with Gasteiger partial charge in [0, 0.05) is 45.2 Å². The van der Waals surface area contributed by atoms with Crippen LogP contribution in [0, 0.1) is 5.92 Å². The van der Waals surface area contributed by atoms with E-state index in [2.05, 4.69) is 10.4 Å². The van der Waals surface area contributed by atoms with Crippen LogP contribution >= 0.6 is 0 Å². The Kier molecular flexibility index (Phi) is 9.03. The number of ether oxygens (including phenoxy) is 2. The first kappa shape index (κ1) is 29.7. The van der Waals surface area contributed by atoms with Gasteiger partial charge in [-0.2, -0.15) is 5.10 Å². The van der Waals surface area contributed by atoms with E-state index in [1.165, 1.54) is 25.1 Å². The summed E-state index contributed by atoms with van der Waals surface area (Å²) in [7, 11) is 2.94. The lowest BCUT2D eigenvalue weighted by molar-refractivity contribution is -0.126. The highest BCUT2D eigenvalue weighted by Gasteiger charge is 2.40. The molecule has 2 aliphatic rings. The molecule has 0 unspecified atom stereocenters. The Hall–Kier alpha value is -4.74. The van der Waals surface area contributed by atoms with Gasteiger partial charge in [-0.25, -0.2) is 8.78 Å². The summed E-state index contributed by atoms with van der Waals surface area (Å²) in [4.78, 5) is 43.1. The van der Waals surface area contributed by atoms with Gasteiger partial charge in [0.2, 0.25) is 11.8 Å². The molecule has 2 aromatic carbocycles. The lowest BCUT2D eigenvalue weighted by atomic mass is 9.88. The van der Waals surface area contributed by atoms with Crippen molar-refractivity contribution in [3.63, 3.8) is 0 Å². The van der Waals surface area contributed by atoms with E-state index in [-0.39, 0.29) is 56.2 Å². The van der Waals surface area contributed by atoms with Gasteiger partial charge in [0.25, 0.3) is 12.3 Å². The smallest absolute Gasteiger partial charge is 0.282 e. The molecule has 1 aromatic heterocycles. The molecular weight excluding hydrogens is 560 g/mol. The molecule has 1 saturated heterocycles. The number of alkyl halides is 2. The minimum atomic E-state index is -2.81. The first-order valence-corrected chi connectivity index (χ1v) is 14.0. The number of hydrogen-bond donors (Lipinski definition) is 1. The van der Waals surface area contributed by atoms with Crippen molar-refractivity contribution in [1.82, 2.24) is 24.9 Å². The van der Waals surface area contributed by atoms with E-state index in [0.29, 0.717) is 18.0 Å². The van der Waals surface area contributed by atoms with Crippen molar-refractivity contribution >= 4 is 23.8 Å². The number of amides is 3. The molecule has 0 aliphatic carbocycles. The number of likely N-dealkylation sites (tertiary alicyclic amines) is 1. The van der Waals surface area contributed by atoms with Gasteiger partial charge in [-0.05, 0) is 35.4 Å². The molecular formula is C31H33F2N5O5. The molecule has 3 aromatic rings. The number of nitrogens with one attached hydrogen (secondary N) is 1. The van der Waals surface area contributed by atoms with Crippen LogP contribution in [0.1, 0.15) is 39.7 Å². The number of hydrogen-bond acceptors (Lipinski definition) is 6. The predicted octanol–water partition coefficient (Wildman–Crippen LogP) is 3.27. The second kappa shape index (κ2) is 13.1. The molecule has 2 atom stereocenters. The predicted molar refractivity (Wildman–Crippen MR) is 154 cm³/mol. The fourth-order valence-electron chi connectivity index (χ4n) is 5.45. The molecule has 1 fully saturated rings. The second-order valence-corrected chi connectivity index (χ2v) is 10.4. The van der Waals surface area contributed by atoms with Gasteiger partial charge in [0.1, 0.15) is 18.0 Å². The largest absolute Gasteiger partial charge is 0.493 e. The third-order valence-electron chi connectivity index (χ3n) is 7.73. The van der Waals surface area contributed by atoms with Gasteiger partial charge in [-0.1, -0.05) is 36.4 Å². The van der Waals surface area contributed by atoms with Crippen LogP contribution in [0.25, 0.3) is 6.08 Å². The average molecular weight is 594 g/mol. The molecule has 1 N–H and O–H groups in total. The molecule has 2 bridgehead atoms. The number of aryl methyl sites for hydroxylation is 1. The zero-order valence-corrected chi connectivity index (χ0v) is 23.9. The number of halogens is 2. The number of carbonyl (C=O) groups is 3. The normalized spacial score (nSPS) is 19.2. The summed E-state index contributed by atoms with van der Waals surface area (Å²) < 4.78 is 39.1. The molecule has 0 saturated carbocycles. The van der Waals surface area contributed by atoms with Crippen LogP contribution in [0.15, 0.2) is 60.7 Å². The van der Waals surface area contributed by atoms with Crippen LogP contribution in [-0.4, -0.2) is 83.7 Å². The summed E-state index contributed by atoms with van der Waals surface area (Å²) in [6, 6.07) is 16.0. The Labute approximate surface area is 247 Å². The summed E-state index contributed by atoms with van der Waals surface area (Å²) in [5.74, 6) is -0.920. The molecule has 0 spiro atoms. The van der Waals surface area contributed by atoms with Gasteiger partial charge in [-0.15, -0.1) is 0 Å². The first-order valence-electron chi connectivity index (χ1n) is 14.0. The van der Waals surface area contributed by atoms with E-state index in [1.54, 1.807) is 23.1 Å². The van der Waals surface area contributed by atoms with Crippen LogP contribution < -0.4 is 14.8 Å². The lowest BCUT2D eigenvalue weighted by Gasteiger charge is -2.23. The minimum absolute atomic E-state index is 0.000843. The van der Waals surface area contributed by atoms with Crippen LogP contribution in [0.5, 0.6) is 11.5 Å². The fraction of sp³-hybridized carbons (Fsp3) is 0.355. The summed E-state index contributed by atoms with van der Waals surface area (Å²) in [5, 5.41) is 6.66. The SMILES string of the molecule is COc1ccc2cc1OCCN(C(=O)c1cc(C(F)F)nn1C)CCNC(=O)[C@H]1CN(C(=O)/C=C/c3ccccc3)C[C@H]21. The van der Waals surface area contributed by atoms with Crippen LogP contribution in [0.3, 0.4) is 0 Å². The number of methoxy groups -OCH3 is 1. The molecule has 3 amide bonds. The van der Waals surface area contributed by atoms with Crippen molar-refractivity contribution in [1.29, 1.82) is 0 Å². The van der Waals surface area contributed by atoms with E-state index in [4.69, 9.17) is 9.47 Å². The van der Waals surface area contributed by atoms with E-state index >= 15 is 0 Å². The highest BCUT2D eigenvalue weighted by Crippen LogP contribution is 2.38. The zero-order valence-electron chi connectivity index (χ0n) is 23.9. The lowest BCUT2D eigenvalue weighted by Crippen LogP contribution is -2.43. The Morgan fingerprint density at radius 1 is 1.07 bits per heavy atom. The Bertz CT molecular complexity index is 1510. The molecule has 12 heteroatoms. The van der Waals surface area contributed by atoms with Crippen molar-refractivity contribution in [2.45, 2.75) is 12.3 Å². The van der Waals surface area contributed by atoms with Gasteiger partial charge < -0.3 is 24.6 Å². The van der Waals surface area contributed by atoms with E-state index in [1.807, 2.05) is 36.4 Å². The quantitative estimate of drug-likeness (QED) is 0.456. The maximum atomic E-state index is 13.5. The minimum Gasteiger partial charge on any atom is -0.493 e. The molecule has 3 heterocycles. The van der Waals surface area contributed by atoms with Crippen molar-refractivity contribution in [3.05, 3.63) is 83.2 Å². The summed E-state index contributed by atoms with van der Waals surface area (Å²) in [6.07, 6.45) is 0.438. The average Bonchev–Trinajstić information content (AvgIpc) is 3.63. The van der Waals surface area contributed by atoms with E-state index in [9.17, 15) is 23.2 Å². The summed E-state index contributed by atoms with van der Waals surface area (Å²) >= 11 is 0. The Morgan fingerprint density at radius 2 is 1.84 bits per heavy atom. The van der Waals surface area contributed by atoms with Gasteiger partial charge in [0.05, 0.1) is 19.6 Å². The number of nitrogens with zero attached hydrogens (tertiary/aromatic N) is 4. The van der Waals surface area contributed by atoms with Crippen LogP contribution in [0.4, 0.5) is 8.78 Å². The number of carbonyl (C=O) groups excluding carboxylic acids is 3. The van der Waals surface area contributed by atoms with Crippen LogP contribution in [-0.2, 0) is 16.6 Å². The van der Waals surface area contributed by atoms with Gasteiger partial charge in [-0.3, -0.25) is 19.1 Å². The third-order valence-corrected chi connectivity index (χ3v) is 7.73. The summed E-state index contributed by atoms with van der Waals surface area (Å²) in [5.41, 5.74) is 1.22. The van der Waals surface area contributed by atoms with Gasteiger partial charge >= 0.3 is 0 Å². The van der Waals surface area contributed by atoms with Crippen molar-refractivity contribution < 1.29 is 32.6 Å². The standard InChI is InChI=1S/C31H33F2N5O5/c1-36-25(17-24(35-36)29(32)33)31(41)37-13-12-34-30(40)23-19-38(28(39)11-8-20-6-4-3-5-7-20)18-22(23)21-9-10-26(42-2)27(16-21)43-15-14-37/h3-11,16-17,22-23,29H,12-15,18-19H2,1-2H3,(H,34,40)/b11-8+/t22-,23+/m1/s1. The van der Waals surface area contributed by atoms with Gasteiger partial charge in [0.15, 0.2) is 11.5 Å². The van der Waals surface area contributed by atoms with Crippen molar-refractivity contribution in [3.8, 4) is 11.5 Å². The number of rotatable bonds is 5. The fourth-order valence-corrected chi connectivity index (χ4v) is 5.45. The van der Waals surface area contributed by atoms with Crippen molar-refractivity contribution in [2.75, 3.05) is 46.4 Å². The molecule has 0 radical (unpaired) electrons. The molecule has 10 nitrogen and oxygen atoms in total. The first-order chi connectivity index (χ1) is 20.7. The topological polar surface area (TPSA) is 106 Å². The zero-order chi connectivity index (χ0) is 30.5. The number of benzene rings is 2. The number of aromatic nitrogens is 2. The number of fused-ring (bicyclic) bond motifs is 4. The molecule has 43 heavy (non-hydrogen) atoms. The second-order valence-electron chi connectivity index (χ2n) is 10.4. The Morgan fingerprint density at radius 3 is 2.56 bits per heavy atom. The molecule has 2 aliphatic heterocycles. The summed E-state index contributed by atoms with van der Waals surface area (Å²) in [6.45, 7) is 0.986. The van der Waals surface area contributed by atoms with Crippen LogP contribution in [0.2, 0.25) is 0 Å². The van der Waals surface area contributed by atoms with E-state index in [0.717, 1.165) is 21.9 Å².